The molecule has 0 aromatic rings. The molecule has 0 aliphatic carbocycles. The van der Waals surface area contributed by atoms with Crippen molar-refractivity contribution in [3.63, 3.8) is 0 Å². The van der Waals surface area contributed by atoms with Gasteiger partial charge in [0, 0.05) is 6.20 Å². The number of nitrogens with two attached hydrogens (primary N) is 1. The van der Waals surface area contributed by atoms with Crippen molar-refractivity contribution in [2.45, 2.75) is 12.6 Å². The van der Waals surface area contributed by atoms with Gasteiger partial charge in [-0.2, -0.15) is 0 Å². The molecule has 0 aromatic heterocycles. The first kappa shape index (κ1) is 13.4. The molecule has 72 valence electrons. The fraction of sp³-hybridized carbons (Fsp3) is 0.250. The van der Waals surface area contributed by atoms with Crippen LogP contribution in [0.2, 0.25) is 0 Å². The van der Waals surface area contributed by atoms with Gasteiger partial charge in [-0.05, 0) is 12.2 Å². The first-order chi connectivity index (χ1) is 6.11. The quantitative estimate of drug-likeness (QED) is 0.449. The van der Waals surface area contributed by atoms with Gasteiger partial charge in [0.2, 0.25) is 5.91 Å². The maximum atomic E-state index is 11.2. The van der Waals surface area contributed by atoms with Crippen LogP contribution in [-0.2, 0) is 9.59 Å². The van der Waals surface area contributed by atoms with Crippen molar-refractivity contribution in [1.82, 2.24) is 4.90 Å². The van der Waals surface area contributed by atoms with E-state index in [4.69, 9.17) is 10.8 Å². The second kappa shape index (κ2) is 5.98. The molecule has 0 radical (unpaired) electrons. The molecule has 0 aromatic carbocycles. The fourth-order valence-corrected chi connectivity index (χ4v) is 0.983. The van der Waals surface area contributed by atoms with Gasteiger partial charge in [-0.1, -0.05) is 6.08 Å². The fourth-order valence-electron chi connectivity index (χ4n) is 0.983. The van der Waals surface area contributed by atoms with E-state index in [-0.39, 0.29) is 29.6 Å². The summed E-state index contributed by atoms with van der Waals surface area (Å²) in [6, 6.07) is 0. The number of carbonyl (C=O) groups excluding carboxylic acids is 1. The van der Waals surface area contributed by atoms with Gasteiger partial charge in [-0.3, -0.25) is 14.5 Å². The van der Waals surface area contributed by atoms with Crippen molar-refractivity contribution < 1.29 is 14.7 Å². The van der Waals surface area contributed by atoms with Crippen molar-refractivity contribution >= 4 is 41.4 Å². The van der Waals surface area contributed by atoms with Crippen molar-refractivity contribution in [3.8, 4) is 0 Å². The molecule has 0 bridgehead atoms. The van der Waals surface area contributed by atoms with Crippen LogP contribution in [0.25, 0.3) is 0 Å². The number of rotatable bonds is 2. The number of aliphatic carboxylic acids is 1. The van der Waals surface area contributed by atoms with Crippen LogP contribution in [0.15, 0.2) is 24.4 Å². The molecule has 1 heterocycles. The zero-order chi connectivity index (χ0) is 9.84. The minimum atomic E-state index is -1.15. The number of nitrogens with zero attached hydrogens (tertiary/aromatic N) is 1. The summed E-state index contributed by atoms with van der Waals surface area (Å²) in [6.07, 6.45) is 5.32. The van der Waals surface area contributed by atoms with Gasteiger partial charge in [-0.15, -0.1) is 0 Å². The molecule has 14 heavy (non-hydrogen) atoms. The molecular formula is C8H11N2NaO3. The third-order valence-electron chi connectivity index (χ3n) is 1.58. The van der Waals surface area contributed by atoms with E-state index in [0.717, 1.165) is 0 Å². The summed E-state index contributed by atoms with van der Waals surface area (Å²) in [4.78, 5) is 22.6. The summed E-state index contributed by atoms with van der Waals surface area (Å²) < 4.78 is 0. The minimum absolute atomic E-state index is 0. The number of hydrogen-bond donors (Lipinski definition) is 2. The Hall–Kier alpha value is -0.620. The van der Waals surface area contributed by atoms with E-state index in [0.29, 0.717) is 0 Å². The predicted octanol–water partition coefficient (Wildman–Crippen LogP) is -0.991. The number of amides is 1. The van der Waals surface area contributed by atoms with Crippen LogP contribution < -0.4 is 5.73 Å². The number of hydrogen-bond acceptors (Lipinski definition) is 3. The molecule has 1 aliphatic rings. The van der Waals surface area contributed by atoms with Crippen LogP contribution in [-0.4, -0.2) is 57.6 Å². The number of allylic oxidation sites excluding steroid dienone is 2. The van der Waals surface area contributed by atoms with Gasteiger partial charge in [0.1, 0.15) is 12.6 Å². The van der Waals surface area contributed by atoms with Gasteiger partial charge < -0.3 is 10.8 Å². The molecule has 1 amide bonds. The van der Waals surface area contributed by atoms with Crippen LogP contribution in [0.3, 0.4) is 0 Å². The van der Waals surface area contributed by atoms with Crippen LogP contribution in [0.5, 0.6) is 0 Å². The molecule has 1 unspecified atom stereocenters. The van der Waals surface area contributed by atoms with Crippen molar-refractivity contribution in [2.75, 3.05) is 0 Å². The Morgan fingerprint density at radius 3 is 2.57 bits per heavy atom. The first-order valence-electron chi connectivity index (χ1n) is 3.75. The average molecular weight is 206 g/mol. The molecule has 0 fully saturated rings. The van der Waals surface area contributed by atoms with E-state index < -0.39 is 24.5 Å². The molecular weight excluding hydrogens is 195 g/mol. The van der Waals surface area contributed by atoms with Crippen molar-refractivity contribution in [1.29, 1.82) is 0 Å². The van der Waals surface area contributed by atoms with E-state index in [2.05, 4.69) is 0 Å². The standard InChI is InChI=1S/C8H10N2O3.Na.H/c9-6-3-1-2-4-10(6)7(11)5-8(12)13;;/h1-4,6H,5,9H2,(H,12,13);;. The zero-order valence-electron chi connectivity index (χ0n) is 6.88. The van der Waals surface area contributed by atoms with Crippen LogP contribution >= 0.6 is 0 Å². The van der Waals surface area contributed by atoms with E-state index >= 15 is 0 Å². The zero-order valence-corrected chi connectivity index (χ0v) is 6.88. The first-order valence-corrected chi connectivity index (χ1v) is 3.75. The Bertz CT molecular complexity index is 288. The summed E-state index contributed by atoms with van der Waals surface area (Å²) in [5, 5.41) is 8.37. The Kier molecular flexibility index (Phi) is 5.71. The SMILES string of the molecule is NC1C=CC=CN1C(=O)CC(=O)O.[NaH]. The van der Waals surface area contributed by atoms with Crippen LogP contribution in [0.1, 0.15) is 6.42 Å². The van der Waals surface area contributed by atoms with E-state index in [1.54, 1.807) is 18.2 Å². The van der Waals surface area contributed by atoms with Crippen LogP contribution in [0, 0.1) is 0 Å². The molecule has 5 nitrogen and oxygen atoms in total. The van der Waals surface area contributed by atoms with Crippen LogP contribution in [0.4, 0.5) is 0 Å². The Morgan fingerprint density at radius 2 is 2.07 bits per heavy atom. The van der Waals surface area contributed by atoms with Gasteiger partial charge in [-0.25, -0.2) is 0 Å². The molecule has 1 atom stereocenters. The Balaban J connectivity index is 0.00000169. The molecule has 0 spiro atoms. The van der Waals surface area contributed by atoms with E-state index in [9.17, 15) is 9.59 Å². The van der Waals surface area contributed by atoms with E-state index in [1.807, 2.05) is 0 Å². The molecule has 3 N–H and O–H groups in total. The van der Waals surface area contributed by atoms with Gasteiger partial charge >= 0.3 is 35.5 Å². The summed E-state index contributed by atoms with van der Waals surface area (Å²) in [7, 11) is 0. The maximum absolute atomic E-state index is 11.2. The summed E-state index contributed by atoms with van der Waals surface area (Å²) in [5.41, 5.74) is 5.53. The molecule has 0 saturated carbocycles. The third kappa shape index (κ3) is 3.63. The molecule has 1 aliphatic heterocycles. The number of carboxylic acids is 1. The molecule has 6 heteroatoms. The Labute approximate surface area is 104 Å². The summed E-state index contributed by atoms with van der Waals surface area (Å²) in [5.74, 6) is -1.67. The topological polar surface area (TPSA) is 83.6 Å². The number of carbonyl (C=O) groups is 2. The average Bonchev–Trinajstić information content (AvgIpc) is 2.03. The normalized spacial score (nSPS) is 18.9. The Morgan fingerprint density at radius 1 is 1.43 bits per heavy atom. The van der Waals surface area contributed by atoms with Gasteiger partial charge in [0.25, 0.3) is 0 Å². The summed E-state index contributed by atoms with van der Waals surface area (Å²) >= 11 is 0. The predicted molar refractivity (Wildman–Crippen MR) is 52.5 cm³/mol. The summed E-state index contributed by atoms with van der Waals surface area (Å²) in [6.45, 7) is 0. The monoisotopic (exact) mass is 206 g/mol. The molecule has 1 rings (SSSR count). The van der Waals surface area contributed by atoms with Gasteiger partial charge in [0.15, 0.2) is 0 Å². The van der Waals surface area contributed by atoms with E-state index in [1.165, 1.54) is 11.1 Å². The molecule has 0 saturated heterocycles. The number of carboxylic acid groups (broad SMARTS) is 1. The van der Waals surface area contributed by atoms with Crippen molar-refractivity contribution in [3.05, 3.63) is 24.4 Å². The van der Waals surface area contributed by atoms with Gasteiger partial charge in [0.05, 0.1) is 0 Å². The third-order valence-corrected chi connectivity index (χ3v) is 1.58. The second-order valence-electron chi connectivity index (χ2n) is 2.59. The van der Waals surface area contributed by atoms with Crippen molar-refractivity contribution in [2.24, 2.45) is 5.73 Å². The second-order valence-corrected chi connectivity index (χ2v) is 2.59.